The molecule has 0 aliphatic heterocycles. The van der Waals surface area contributed by atoms with E-state index in [1.807, 2.05) is 25.1 Å². The first-order valence-corrected chi connectivity index (χ1v) is 6.44. The van der Waals surface area contributed by atoms with Gasteiger partial charge in [0.1, 0.15) is 11.5 Å². The average Bonchev–Trinajstić information content (AvgIpc) is 2.95. The van der Waals surface area contributed by atoms with Crippen molar-refractivity contribution < 1.29 is 14.6 Å². The van der Waals surface area contributed by atoms with Gasteiger partial charge in [0.25, 0.3) is 0 Å². The number of aliphatic hydroxyl groups is 1. The van der Waals surface area contributed by atoms with Gasteiger partial charge in [0.15, 0.2) is 0 Å². The van der Waals surface area contributed by atoms with Crippen LogP contribution in [-0.2, 0) is 0 Å². The van der Waals surface area contributed by atoms with Crippen molar-refractivity contribution in [2.24, 2.45) is 0 Å². The van der Waals surface area contributed by atoms with Gasteiger partial charge in [-0.3, -0.25) is 5.32 Å². The molecule has 0 amide bonds. The first kappa shape index (κ1) is 13.6. The molecule has 1 aromatic carbocycles. The largest absolute Gasteiger partial charge is 0.508 e. The molecule has 4 heteroatoms. The minimum Gasteiger partial charge on any atom is -0.508 e. The highest BCUT2D eigenvalue weighted by Gasteiger charge is 2.20. The van der Waals surface area contributed by atoms with Crippen LogP contribution in [0.25, 0.3) is 0 Å². The number of phenols is 1. The summed E-state index contributed by atoms with van der Waals surface area (Å²) < 4.78 is 5.31. The molecular formula is C15H19NO3. The quantitative estimate of drug-likeness (QED) is 0.748. The maximum atomic E-state index is 9.90. The summed E-state index contributed by atoms with van der Waals surface area (Å²) in [5, 5.41) is 22.7. The third-order valence-electron chi connectivity index (χ3n) is 3.19. The molecule has 0 aliphatic carbocycles. The monoisotopic (exact) mass is 261 g/mol. The first-order valence-electron chi connectivity index (χ1n) is 6.44. The third kappa shape index (κ3) is 3.16. The Balaban J connectivity index is 2.17. The van der Waals surface area contributed by atoms with Crippen LogP contribution in [0.15, 0.2) is 47.1 Å². The molecule has 2 aromatic rings. The van der Waals surface area contributed by atoms with Crippen LogP contribution < -0.4 is 5.32 Å². The molecule has 2 rings (SSSR count). The van der Waals surface area contributed by atoms with Crippen LogP contribution in [0, 0.1) is 0 Å². The fourth-order valence-corrected chi connectivity index (χ4v) is 2.17. The number of phenolic OH excluding ortho intramolecular Hbond substituents is 1. The Labute approximate surface area is 112 Å². The minimum atomic E-state index is -0.278. The number of rotatable bonds is 6. The topological polar surface area (TPSA) is 65.6 Å². The Hall–Kier alpha value is -1.78. The van der Waals surface area contributed by atoms with E-state index < -0.39 is 0 Å². The van der Waals surface area contributed by atoms with Crippen molar-refractivity contribution in [1.29, 1.82) is 0 Å². The predicted molar refractivity (Wildman–Crippen MR) is 72.8 cm³/mol. The van der Waals surface area contributed by atoms with E-state index in [9.17, 15) is 10.2 Å². The summed E-state index contributed by atoms with van der Waals surface area (Å²) in [6.07, 6.45) is 2.38. The molecule has 4 nitrogen and oxygen atoms in total. The minimum absolute atomic E-state index is 0.0385. The number of aliphatic hydroxyl groups excluding tert-OH is 1. The van der Waals surface area contributed by atoms with Crippen molar-refractivity contribution in [2.45, 2.75) is 25.4 Å². The molecule has 2 atom stereocenters. The Morgan fingerprint density at radius 3 is 2.53 bits per heavy atom. The molecule has 0 fully saturated rings. The summed E-state index contributed by atoms with van der Waals surface area (Å²) in [5.74, 6) is 0.953. The van der Waals surface area contributed by atoms with Gasteiger partial charge in [-0.2, -0.15) is 0 Å². The van der Waals surface area contributed by atoms with E-state index >= 15 is 0 Å². The number of hydrogen-bond donors (Lipinski definition) is 3. The van der Waals surface area contributed by atoms with Crippen molar-refractivity contribution in [3.8, 4) is 5.75 Å². The molecule has 0 saturated heterocycles. The van der Waals surface area contributed by atoms with Crippen LogP contribution in [0.3, 0.4) is 0 Å². The molecule has 19 heavy (non-hydrogen) atoms. The smallest absolute Gasteiger partial charge is 0.123 e. The predicted octanol–water partition coefficient (Wildman–Crippen LogP) is 2.76. The van der Waals surface area contributed by atoms with Crippen molar-refractivity contribution >= 4 is 0 Å². The van der Waals surface area contributed by atoms with Crippen LogP contribution in [0.4, 0.5) is 0 Å². The molecule has 0 spiro atoms. The first-order chi connectivity index (χ1) is 9.26. The molecule has 0 aliphatic rings. The zero-order valence-electron chi connectivity index (χ0n) is 10.9. The Kier molecular flexibility index (Phi) is 4.60. The highest BCUT2D eigenvalue weighted by Crippen LogP contribution is 2.28. The maximum Gasteiger partial charge on any atom is 0.123 e. The number of benzene rings is 1. The lowest BCUT2D eigenvalue weighted by atomic mass is 10.0. The van der Waals surface area contributed by atoms with Crippen LogP contribution >= 0.6 is 0 Å². The van der Waals surface area contributed by atoms with E-state index in [0.717, 1.165) is 12.0 Å². The molecule has 0 saturated carbocycles. The van der Waals surface area contributed by atoms with E-state index in [2.05, 4.69) is 5.32 Å². The van der Waals surface area contributed by atoms with E-state index in [1.54, 1.807) is 24.5 Å². The summed E-state index contributed by atoms with van der Waals surface area (Å²) >= 11 is 0. The average molecular weight is 261 g/mol. The summed E-state index contributed by atoms with van der Waals surface area (Å²) in [7, 11) is 0. The summed E-state index contributed by atoms with van der Waals surface area (Å²) in [4.78, 5) is 0. The number of nitrogens with one attached hydrogen (secondary N) is 1. The van der Waals surface area contributed by atoms with E-state index in [-0.39, 0.29) is 24.4 Å². The fraction of sp³-hybridized carbons (Fsp3) is 0.333. The highest BCUT2D eigenvalue weighted by molar-refractivity contribution is 5.34. The van der Waals surface area contributed by atoms with Crippen molar-refractivity contribution in [1.82, 2.24) is 5.32 Å². The lowest BCUT2D eigenvalue weighted by Crippen LogP contribution is -2.28. The second kappa shape index (κ2) is 6.41. The van der Waals surface area contributed by atoms with Gasteiger partial charge < -0.3 is 14.6 Å². The molecule has 0 bridgehead atoms. The summed E-state index contributed by atoms with van der Waals surface area (Å²) in [5.41, 5.74) is 0.829. The van der Waals surface area contributed by atoms with E-state index in [1.165, 1.54) is 0 Å². The third-order valence-corrected chi connectivity index (χ3v) is 3.19. The lowest BCUT2D eigenvalue weighted by molar-refractivity contribution is 0.213. The molecule has 3 N–H and O–H groups in total. The second-order valence-electron chi connectivity index (χ2n) is 4.44. The zero-order chi connectivity index (χ0) is 13.7. The Bertz CT molecular complexity index is 496. The maximum absolute atomic E-state index is 9.90. The van der Waals surface area contributed by atoms with Gasteiger partial charge in [-0.05, 0) is 24.6 Å². The Morgan fingerprint density at radius 2 is 1.95 bits per heavy atom. The van der Waals surface area contributed by atoms with Crippen LogP contribution in [0.5, 0.6) is 5.75 Å². The summed E-state index contributed by atoms with van der Waals surface area (Å²) in [6.45, 7) is 1.97. The van der Waals surface area contributed by atoms with Gasteiger partial charge in [0, 0.05) is 11.6 Å². The van der Waals surface area contributed by atoms with Gasteiger partial charge in [-0.25, -0.2) is 0 Å². The van der Waals surface area contributed by atoms with Gasteiger partial charge in [-0.1, -0.05) is 25.1 Å². The lowest BCUT2D eigenvalue weighted by Gasteiger charge is -2.23. The van der Waals surface area contributed by atoms with Crippen LogP contribution in [-0.4, -0.2) is 16.8 Å². The highest BCUT2D eigenvalue weighted by atomic mass is 16.3. The van der Waals surface area contributed by atoms with Crippen molar-refractivity contribution in [3.05, 3.63) is 54.0 Å². The van der Waals surface area contributed by atoms with Gasteiger partial charge in [0.05, 0.1) is 18.9 Å². The van der Waals surface area contributed by atoms with Crippen LogP contribution in [0.2, 0.25) is 0 Å². The van der Waals surface area contributed by atoms with Crippen molar-refractivity contribution in [3.63, 3.8) is 0 Å². The second-order valence-corrected chi connectivity index (χ2v) is 4.44. The molecule has 1 aromatic heterocycles. The zero-order valence-corrected chi connectivity index (χ0v) is 10.9. The normalized spacial score (nSPS) is 14.2. The van der Waals surface area contributed by atoms with E-state index in [0.29, 0.717) is 5.76 Å². The van der Waals surface area contributed by atoms with Gasteiger partial charge in [0.2, 0.25) is 0 Å². The van der Waals surface area contributed by atoms with Crippen molar-refractivity contribution in [2.75, 3.05) is 6.61 Å². The molecule has 0 radical (unpaired) electrons. The van der Waals surface area contributed by atoms with Gasteiger partial charge >= 0.3 is 0 Å². The Morgan fingerprint density at radius 1 is 1.16 bits per heavy atom. The number of para-hydroxylation sites is 1. The molecule has 1 heterocycles. The standard InChI is InChI=1S/C15H19NO3/c1-2-12(11-6-3-4-7-14(11)18)16-13(10-17)15-8-5-9-19-15/h3-9,12-13,16-18H,2,10H2,1H3/t12-,13+/m1/s1. The van der Waals surface area contributed by atoms with Gasteiger partial charge in [-0.15, -0.1) is 0 Å². The molecular weight excluding hydrogens is 242 g/mol. The number of aromatic hydroxyl groups is 1. The van der Waals surface area contributed by atoms with E-state index in [4.69, 9.17) is 4.42 Å². The summed E-state index contributed by atoms with van der Waals surface area (Å²) in [6, 6.07) is 10.5. The molecule has 0 unspecified atom stereocenters. The SMILES string of the molecule is CC[C@@H](N[C@@H](CO)c1ccco1)c1ccccc1O. The number of hydrogen-bond acceptors (Lipinski definition) is 4. The fourth-order valence-electron chi connectivity index (χ4n) is 2.17. The molecule has 102 valence electrons. The number of furan rings is 1. The van der Waals surface area contributed by atoms with Crippen LogP contribution in [0.1, 0.15) is 36.8 Å².